The zero-order valence-electron chi connectivity index (χ0n) is 24.3. The van der Waals surface area contributed by atoms with Crippen LogP contribution in [0.5, 0.6) is 11.5 Å². The molecule has 11 nitrogen and oxygen atoms in total. The molecule has 0 spiro atoms. The lowest BCUT2D eigenvalue weighted by atomic mass is 10.2. The predicted molar refractivity (Wildman–Crippen MR) is 162 cm³/mol. The van der Waals surface area contributed by atoms with E-state index in [4.69, 9.17) is 13.9 Å². The first-order valence-electron chi connectivity index (χ1n) is 12.9. The van der Waals surface area contributed by atoms with Crippen LogP contribution in [-0.2, 0) is 10.0 Å². The molecule has 1 aromatic carbocycles. The molecule has 0 unspecified atom stereocenters. The van der Waals surface area contributed by atoms with Crippen LogP contribution in [0.3, 0.4) is 0 Å². The Morgan fingerprint density at radius 3 is 2.22 bits per heavy atom. The van der Waals surface area contributed by atoms with Crippen molar-refractivity contribution < 1.29 is 27.4 Å². The minimum atomic E-state index is -4.24. The van der Waals surface area contributed by atoms with Gasteiger partial charge in [-0.15, -0.1) is 10.2 Å². The Hall–Kier alpha value is -3.55. The second-order valence-corrected chi connectivity index (χ2v) is 17.2. The first-order valence-corrected chi connectivity index (χ1v) is 17.4. The fourth-order valence-corrected chi connectivity index (χ4v) is 6.67. The van der Waals surface area contributed by atoms with E-state index in [9.17, 15) is 13.5 Å². The van der Waals surface area contributed by atoms with E-state index in [2.05, 4.69) is 33.9 Å². The van der Waals surface area contributed by atoms with E-state index in [0.29, 0.717) is 34.5 Å². The maximum atomic E-state index is 14.4. The number of aromatic nitrogens is 4. The molecule has 1 N–H and O–H groups in total. The topological polar surface area (TPSA) is 133 Å². The van der Waals surface area contributed by atoms with Crippen molar-refractivity contribution in [2.45, 2.75) is 25.2 Å². The number of pyridine rings is 1. The number of aliphatic hydroxyl groups excluding tert-OH is 1. The number of aliphatic hydroxyl groups is 1. The summed E-state index contributed by atoms with van der Waals surface area (Å²) in [5.74, 6) is 2.71. The Balaban J connectivity index is 1.97. The van der Waals surface area contributed by atoms with Gasteiger partial charge < -0.3 is 19.0 Å². The van der Waals surface area contributed by atoms with E-state index in [1.54, 1.807) is 60.0 Å². The molecule has 0 saturated heterocycles. The molecule has 0 amide bonds. The lowest BCUT2D eigenvalue weighted by Gasteiger charge is -2.33. The molecule has 13 heteroatoms. The molecule has 3 aromatic heterocycles. The highest BCUT2D eigenvalue weighted by Crippen LogP contribution is 2.41. The summed E-state index contributed by atoms with van der Waals surface area (Å²) in [6, 6.07) is 13.8. The van der Waals surface area contributed by atoms with Gasteiger partial charge in [-0.05, 0) is 74.8 Å². The Labute approximate surface area is 242 Å². The zero-order valence-corrected chi connectivity index (χ0v) is 25.9. The third kappa shape index (κ3) is 6.36. The van der Waals surface area contributed by atoms with Crippen molar-refractivity contribution >= 4 is 26.0 Å². The number of para-hydroxylation sites is 1. The van der Waals surface area contributed by atoms with Crippen LogP contribution in [0, 0.1) is 6.92 Å². The van der Waals surface area contributed by atoms with Gasteiger partial charge >= 0.3 is 0 Å². The van der Waals surface area contributed by atoms with E-state index in [-0.39, 0.29) is 24.0 Å². The summed E-state index contributed by atoms with van der Waals surface area (Å²) in [7, 11) is -2.34. The highest BCUT2D eigenvalue weighted by atomic mass is 32.3. The van der Waals surface area contributed by atoms with Gasteiger partial charge in [0, 0.05) is 12.7 Å². The summed E-state index contributed by atoms with van der Waals surface area (Å²) in [4.78, 5) is 4.18. The summed E-state index contributed by atoms with van der Waals surface area (Å²) in [5, 5.41) is 18.7. The molecule has 0 aliphatic carbocycles. The number of benzene rings is 1. The number of hydrogen-bond acceptors (Lipinski definition) is 9. The fraction of sp³-hybridized carbons (Fsp3) is 0.393. The average Bonchev–Trinajstić information content (AvgIpc) is 3.57. The molecule has 0 aliphatic rings. The van der Waals surface area contributed by atoms with E-state index in [1.165, 1.54) is 31.6 Å². The maximum Gasteiger partial charge on any atom is 0.246 e. The van der Waals surface area contributed by atoms with Gasteiger partial charge in [0.1, 0.15) is 34.3 Å². The number of rotatable bonds is 12. The molecule has 222 valence electrons. The molecule has 0 fully saturated rings. The molecule has 0 saturated carbocycles. The van der Waals surface area contributed by atoms with Crippen molar-refractivity contribution in [2.75, 3.05) is 49.6 Å². The predicted octanol–water partition coefficient (Wildman–Crippen LogP) is 4.20. The quantitative estimate of drug-likeness (QED) is 0.253. The molecular weight excluding hydrogens is 566 g/mol. The molecule has 3 heterocycles. The van der Waals surface area contributed by atoms with E-state index in [0.717, 1.165) is 0 Å². The smallest absolute Gasteiger partial charge is 0.246 e. The van der Waals surface area contributed by atoms with Crippen LogP contribution in [0.4, 0.5) is 5.95 Å². The van der Waals surface area contributed by atoms with Gasteiger partial charge in [-0.1, -0.05) is 12.1 Å². The molecule has 0 aliphatic heterocycles. The number of ether oxygens (including phenoxy) is 2. The number of methoxy groups -OCH3 is 2. The standard InChI is InChI=1S/C28H37N5O6S2/c1-19-14-15-24(39-19)27-30-31-28(33(27)25-22(37-3)12-10-13-23(25)38-4)32(17-18-40(5,6)7)41(35,36)20(2)26(34)21-11-8-9-16-29-21/h8-16,20,26,34H,17-18H2,1-7H3/t20-,26+/m0/s1. The van der Waals surface area contributed by atoms with E-state index < -0.39 is 31.4 Å². The third-order valence-corrected chi connectivity index (χ3v) is 10.1. The molecular formula is C28H37N5O6S2. The third-order valence-electron chi connectivity index (χ3n) is 6.57. The number of nitrogens with zero attached hydrogens (tertiary/aromatic N) is 5. The first kappa shape index (κ1) is 30.4. The normalized spacial score (nSPS) is 14.0. The van der Waals surface area contributed by atoms with Crippen LogP contribution in [0.15, 0.2) is 59.1 Å². The first-order chi connectivity index (χ1) is 19.4. The van der Waals surface area contributed by atoms with Crippen LogP contribution in [0.25, 0.3) is 17.3 Å². The number of anilines is 1. The van der Waals surface area contributed by atoms with Crippen molar-refractivity contribution in [1.29, 1.82) is 0 Å². The highest BCUT2D eigenvalue weighted by molar-refractivity contribution is 8.32. The van der Waals surface area contributed by atoms with Gasteiger partial charge in [-0.3, -0.25) is 9.55 Å². The number of furan rings is 1. The summed E-state index contributed by atoms with van der Waals surface area (Å²) < 4.78 is 48.8. The van der Waals surface area contributed by atoms with Gasteiger partial charge in [-0.25, -0.2) is 22.8 Å². The largest absolute Gasteiger partial charge is 0.494 e. The number of sulfonamides is 1. The van der Waals surface area contributed by atoms with Gasteiger partial charge in [-0.2, -0.15) is 0 Å². The summed E-state index contributed by atoms with van der Waals surface area (Å²) in [6.45, 7) is 3.37. The Morgan fingerprint density at radius 2 is 1.68 bits per heavy atom. The number of aryl methyl sites for hydroxylation is 1. The van der Waals surface area contributed by atoms with Gasteiger partial charge in [0.25, 0.3) is 0 Å². The van der Waals surface area contributed by atoms with Gasteiger partial charge in [0.05, 0.1) is 19.9 Å². The second-order valence-electron chi connectivity index (χ2n) is 10.4. The Bertz CT molecular complexity index is 1560. The lowest BCUT2D eigenvalue weighted by molar-refractivity contribution is 0.171. The summed E-state index contributed by atoms with van der Waals surface area (Å²) in [5.41, 5.74) is 0.660. The van der Waals surface area contributed by atoms with Crippen LogP contribution >= 0.6 is 10.0 Å². The van der Waals surface area contributed by atoms with E-state index in [1.807, 2.05) is 0 Å². The Kier molecular flexibility index (Phi) is 9.00. The highest BCUT2D eigenvalue weighted by Gasteiger charge is 2.39. The van der Waals surface area contributed by atoms with Crippen LogP contribution in [-0.4, -0.2) is 83.8 Å². The van der Waals surface area contributed by atoms with Crippen molar-refractivity contribution in [1.82, 2.24) is 19.7 Å². The maximum absolute atomic E-state index is 14.4. The van der Waals surface area contributed by atoms with Crippen LogP contribution in [0.2, 0.25) is 0 Å². The minimum absolute atomic E-state index is 0.0144. The number of hydrogen-bond donors (Lipinski definition) is 1. The average molecular weight is 604 g/mol. The van der Waals surface area contributed by atoms with Crippen molar-refractivity contribution in [3.63, 3.8) is 0 Å². The fourth-order valence-electron chi connectivity index (χ4n) is 4.26. The van der Waals surface area contributed by atoms with Crippen LogP contribution in [0.1, 0.15) is 24.5 Å². The lowest BCUT2D eigenvalue weighted by Crippen LogP contribution is -2.43. The van der Waals surface area contributed by atoms with Crippen molar-refractivity contribution in [2.24, 2.45) is 0 Å². The van der Waals surface area contributed by atoms with Gasteiger partial charge in [0.2, 0.25) is 21.8 Å². The summed E-state index contributed by atoms with van der Waals surface area (Å²) in [6.07, 6.45) is 6.45. The molecule has 2 atom stereocenters. The Morgan fingerprint density at radius 1 is 1.00 bits per heavy atom. The molecule has 41 heavy (non-hydrogen) atoms. The minimum Gasteiger partial charge on any atom is -0.494 e. The van der Waals surface area contributed by atoms with Gasteiger partial charge in [0.15, 0.2) is 5.76 Å². The molecule has 0 bridgehead atoms. The molecule has 4 aromatic rings. The molecule has 4 rings (SSSR count). The monoisotopic (exact) mass is 603 g/mol. The molecule has 0 radical (unpaired) electrons. The summed E-state index contributed by atoms with van der Waals surface area (Å²) >= 11 is 0. The zero-order chi connectivity index (χ0) is 29.9. The van der Waals surface area contributed by atoms with Crippen molar-refractivity contribution in [3.8, 4) is 28.8 Å². The SMILES string of the molecule is COc1cccc(OC)c1-n1c(-c2ccc(C)o2)nnc1N(CCS(C)(C)C)S(=O)(=O)[C@@H](C)[C@@H](O)c1ccccn1. The second kappa shape index (κ2) is 12.1. The van der Waals surface area contributed by atoms with E-state index >= 15 is 0 Å². The van der Waals surface area contributed by atoms with Crippen molar-refractivity contribution in [3.05, 3.63) is 66.2 Å². The van der Waals surface area contributed by atoms with Crippen LogP contribution < -0.4 is 13.8 Å².